The van der Waals surface area contributed by atoms with E-state index in [1.807, 2.05) is 11.8 Å². The summed E-state index contributed by atoms with van der Waals surface area (Å²) in [4.78, 5) is 14.8. The highest BCUT2D eigenvalue weighted by molar-refractivity contribution is 5.70. The molecule has 1 aliphatic rings. The summed E-state index contributed by atoms with van der Waals surface area (Å²) in [6.45, 7) is 5.01. The predicted octanol–water partition coefficient (Wildman–Crippen LogP) is 1.51. The highest BCUT2D eigenvalue weighted by Crippen LogP contribution is 2.18. The van der Waals surface area contributed by atoms with Gasteiger partial charge in [0.1, 0.15) is 0 Å². The third-order valence-electron chi connectivity index (χ3n) is 3.20. The first-order chi connectivity index (χ1) is 8.81. The Morgan fingerprint density at radius 2 is 1.84 bits per heavy atom. The molecule has 0 bridgehead atoms. The fourth-order valence-electron chi connectivity index (χ4n) is 2.21. The van der Waals surface area contributed by atoms with Gasteiger partial charge in [0, 0.05) is 32.2 Å². The van der Waals surface area contributed by atoms with Crippen molar-refractivity contribution in [1.82, 2.24) is 9.80 Å². The van der Waals surface area contributed by atoms with Crippen LogP contribution in [0.15, 0.2) is 0 Å². The summed E-state index contributed by atoms with van der Waals surface area (Å²) in [5.41, 5.74) is 0. The number of nitrogens with zero attached hydrogens (tertiary/aromatic N) is 2. The monoisotopic (exact) mass is 282 g/mol. The highest BCUT2D eigenvalue weighted by atomic mass is 19.4. The largest absolute Gasteiger partial charge is 0.466 e. The molecule has 1 saturated heterocycles. The summed E-state index contributed by atoms with van der Waals surface area (Å²) in [7, 11) is 0. The van der Waals surface area contributed by atoms with E-state index in [2.05, 4.69) is 0 Å². The van der Waals surface area contributed by atoms with Crippen LogP contribution in [0.4, 0.5) is 13.2 Å². The van der Waals surface area contributed by atoms with Crippen molar-refractivity contribution in [3.05, 3.63) is 0 Å². The Hall–Kier alpha value is -0.820. The molecule has 0 aromatic heterocycles. The van der Waals surface area contributed by atoms with Gasteiger partial charge in [-0.15, -0.1) is 0 Å². The fraction of sp³-hybridized carbons (Fsp3) is 0.917. The van der Waals surface area contributed by atoms with Gasteiger partial charge < -0.3 is 4.74 Å². The van der Waals surface area contributed by atoms with Crippen LogP contribution in [0, 0.1) is 0 Å². The third-order valence-corrected chi connectivity index (χ3v) is 3.20. The summed E-state index contributed by atoms with van der Waals surface area (Å²) in [5, 5.41) is 0. The first kappa shape index (κ1) is 16.2. The summed E-state index contributed by atoms with van der Waals surface area (Å²) in [6.07, 6.45) is -3.86. The van der Waals surface area contributed by atoms with Crippen LogP contribution in [-0.4, -0.2) is 67.3 Å². The van der Waals surface area contributed by atoms with Crippen molar-refractivity contribution in [2.24, 2.45) is 0 Å². The SMILES string of the molecule is CCOC(=O)CC(C)N1CCN(CC(F)(F)F)CC1. The summed E-state index contributed by atoms with van der Waals surface area (Å²) < 4.78 is 41.6. The Balaban J connectivity index is 2.31. The molecular formula is C12H21F3N2O2. The predicted molar refractivity (Wildman–Crippen MR) is 64.8 cm³/mol. The lowest BCUT2D eigenvalue weighted by atomic mass is 10.1. The van der Waals surface area contributed by atoms with Crippen LogP contribution in [0.5, 0.6) is 0 Å². The number of ether oxygens (including phenoxy) is 1. The normalized spacial score (nSPS) is 20.3. The number of carbonyl (C=O) groups excluding carboxylic acids is 1. The lowest BCUT2D eigenvalue weighted by molar-refractivity contribution is -0.150. The summed E-state index contributed by atoms with van der Waals surface area (Å²) >= 11 is 0. The first-order valence-electron chi connectivity index (χ1n) is 6.50. The molecule has 1 fully saturated rings. The van der Waals surface area contributed by atoms with Gasteiger partial charge in [0.25, 0.3) is 0 Å². The molecule has 112 valence electrons. The van der Waals surface area contributed by atoms with Crippen LogP contribution < -0.4 is 0 Å². The maximum absolute atomic E-state index is 12.2. The molecule has 4 nitrogen and oxygen atoms in total. The molecule has 1 atom stereocenters. The van der Waals surface area contributed by atoms with E-state index in [-0.39, 0.29) is 18.4 Å². The van der Waals surface area contributed by atoms with Crippen molar-refractivity contribution in [3.63, 3.8) is 0 Å². The molecule has 1 aliphatic heterocycles. The second kappa shape index (κ2) is 7.09. The molecule has 0 N–H and O–H groups in total. The molecule has 0 spiro atoms. The summed E-state index contributed by atoms with van der Waals surface area (Å²) in [6, 6.07) is 0.00656. The van der Waals surface area contributed by atoms with Crippen molar-refractivity contribution in [3.8, 4) is 0 Å². The number of hydrogen-bond acceptors (Lipinski definition) is 4. The lowest BCUT2D eigenvalue weighted by Crippen LogP contribution is -2.52. The highest BCUT2D eigenvalue weighted by Gasteiger charge is 2.32. The van der Waals surface area contributed by atoms with Gasteiger partial charge in [-0.1, -0.05) is 0 Å². The lowest BCUT2D eigenvalue weighted by Gasteiger charge is -2.37. The number of halogens is 3. The van der Waals surface area contributed by atoms with E-state index in [1.54, 1.807) is 6.92 Å². The molecule has 1 heterocycles. The van der Waals surface area contributed by atoms with E-state index in [9.17, 15) is 18.0 Å². The Kier molecular flexibility index (Phi) is 6.06. The van der Waals surface area contributed by atoms with Crippen molar-refractivity contribution in [1.29, 1.82) is 0 Å². The molecule has 0 amide bonds. The molecule has 0 aliphatic carbocycles. The average Bonchev–Trinajstić information content (AvgIpc) is 2.27. The minimum atomic E-state index is -4.14. The van der Waals surface area contributed by atoms with E-state index in [4.69, 9.17) is 4.74 Å². The van der Waals surface area contributed by atoms with Crippen LogP contribution in [0.1, 0.15) is 20.3 Å². The van der Waals surface area contributed by atoms with E-state index >= 15 is 0 Å². The second-order valence-electron chi connectivity index (χ2n) is 4.79. The number of alkyl halides is 3. The van der Waals surface area contributed by atoms with Crippen LogP contribution in [-0.2, 0) is 9.53 Å². The van der Waals surface area contributed by atoms with Crippen LogP contribution in [0.2, 0.25) is 0 Å². The number of esters is 1. The van der Waals surface area contributed by atoms with Crippen LogP contribution in [0.25, 0.3) is 0 Å². The van der Waals surface area contributed by atoms with E-state index in [1.165, 1.54) is 4.90 Å². The minimum absolute atomic E-state index is 0.00656. The third kappa shape index (κ3) is 6.24. The molecule has 0 radical (unpaired) electrons. The Morgan fingerprint density at radius 3 is 2.32 bits per heavy atom. The number of piperazine rings is 1. The molecular weight excluding hydrogens is 261 g/mol. The summed E-state index contributed by atoms with van der Waals surface area (Å²) in [5.74, 6) is -0.257. The van der Waals surface area contributed by atoms with Crippen LogP contribution in [0.3, 0.4) is 0 Å². The maximum atomic E-state index is 12.2. The van der Waals surface area contributed by atoms with Gasteiger partial charge in [0.2, 0.25) is 0 Å². The average molecular weight is 282 g/mol. The first-order valence-corrected chi connectivity index (χ1v) is 6.50. The minimum Gasteiger partial charge on any atom is -0.466 e. The topological polar surface area (TPSA) is 32.8 Å². The van der Waals surface area contributed by atoms with Crippen molar-refractivity contribution < 1.29 is 22.7 Å². The van der Waals surface area contributed by atoms with Gasteiger partial charge in [-0.2, -0.15) is 13.2 Å². The number of rotatable bonds is 5. The Bertz CT molecular complexity index is 289. The maximum Gasteiger partial charge on any atom is 0.401 e. The molecule has 0 saturated carbocycles. The quantitative estimate of drug-likeness (QED) is 0.716. The smallest absolute Gasteiger partial charge is 0.401 e. The molecule has 0 aromatic rings. The van der Waals surface area contributed by atoms with Gasteiger partial charge in [-0.25, -0.2) is 0 Å². The fourth-order valence-corrected chi connectivity index (χ4v) is 2.21. The van der Waals surface area contributed by atoms with E-state index < -0.39 is 12.7 Å². The van der Waals surface area contributed by atoms with Gasteiger partial charge >= 0.3 is 12.1 Å². The van der Waals surface area contributed by atoms with Crippen molar-refractivity contribution >= 4 is 5.97 Å². The van der Waals surface area contributed by atoms with Crippen molar-refractivity contribution in [2.45, 2.75) is 32.5 Å². The molecule has 7 heteroatoms. The Labute approximate surface area is 111 Å². The van der Waals surface area contributed by atoms with Gasteiger partial charge in [0.15, 0.2) is 0 Å². The van der Waals surface area contributed by atoms with Gasteiger partial charge in [-0.05, 0) is 13.8 Å². The second-order valence-corrected chi connectivity index (χ2v) is 4.79. The zero-order valence-electron chi connectivity index (χ0n) is 11.4. The molecule has 0 aromatic carbocycles. The number of carbonyl (C=O) groups is 1. The standard InChI is InChI=1S/C12H21F3N2O2/c1-3-19-11(18)8-10(2)17-6-4-16(5-7-17)9-12(13,14)15/h10H,3-9H2,1-2H3. The van der Waals surface area contributed by atoms with E-state index in [0.717, 1.165) is 0 Å². The molecule has 1 unspecified atom stereocenters. The van der Waals surface area contributed by atoms with E-state index in [0.29, 0.717) is 32.8 Å². The van der Waals surface area contributed by atoms with Crippen molar-refractivity contribution in [2.75, 3.05) is 39.3 Å². The van der Waals surface area contributed by atoms with Gasteiger partial charge in [0.05, 0.1) is 19.6 Å². The van der Waals surface area contributed by atoms with Gasteiger partial charge in [-0.3, -0.25) is 14.6 Å². The number of hydrogen-bond donors (Lipinski definition) is 0. The zero-order valence-corrected chi connectivity index (χ0v) is 11.4. The zero-order chi connectivity index (χ0) is 14.5. The molecule has 19 heavy (non-hydrogen) atoms. The Morgan fingerprint density at radius 1 is 1.26 bits per heavy atom. The molecule has 1 rings (SSSR count). The van der Waals surface area contributed by atoms with Crippen LogP contribution >= 0.6 is 0 Å².